The van der Waals surface area contributed by atoms with E-state index in [2.05, 4.69) is 11.4 Å². The van der Waals surface area contributed by atoms with E-state index >= 15 is 0 Å². The minimum atomic E-state index is -0.354. The Labute approximate surface area is 164 Å². The number of hydrogen-bond donors (Lipinski definition) is 1. The highest BCUT2D eigenvalue weighted by Gasteiger charge is 2.24. The zero-order valence-corrected chi connectivity index (χ0v) is 15.8. The van der Waals surface area contributed by atoms with Crippen molar-refractivity contribution in [1.82, 2.24) is 10.2 Å². The molecule has 0 aliphatic carbocycles. The Balaban J connectivity index is 1.26. The van der Waals surface area contributed by atoms with Crippen LogP contribution < -0.4 is 14.8 Å². The Morgan fingerprint density at radius 1 is 1.29 bits per heavy atom. The normalized spacial score (nSPS) is 18.3. The molecule has 148 valence electrons. The van der Waals surface area contributed by atoms with Crippen molar-refractivity contribution in [3.8, 4) is 11.5 Å². The quantitative estimate of drug-likeness (QED) is 0.854. The van der Waals surface area contributed by atoms with Crippen LogP contribution in [0.25, 0.3) is 0 Å². The first-order valence-corrected chi connectivity index (χ1v) is 9.84. The molecular formula is C22H25FN2O3. The van der Waals surface area contributed by atoms with Crippen LogP contribution in [0.1, 0.15) is 24.0 Å². The van der Waals surface area contributed by atoms with E-state index in [-0.39, 0.29) is 23.5 Å². The van der Waals surface area contributed by atoms with E-state index in [1.54, 1.807) is 18.2 Å². The fourth-order valence-corrected chi connectivity index (χ4v) is 3.79. The van der Waals surface area contributed by atoms with Gasteiger partial charge >= 0.3 is 6.03 Å². The summed E-state index contributed by atoms with van der Waals surface area (Å²) < 4.78 is 24.8. The van der Waals surface area contributed by atoms with Gasteiger partial charge in [0.05, 0.1) is 13.2 Å². The molecule has 1 atom stereocenters. The first kappa shape index (κ1) is 18.6. The zero-order chi connectivity index (χ0) is 19.3. The first-order chi connectivity index (χ1) is 13.7. The van der Waals surface area contributed by atoms with Gasteiger partial charge in [-0.15, -0.1) is 0 Å². The monoisotopic (exact) mass is 384 g/mol. The van der Waals surface area contributed by atoms with Gasteiger partial charge in [0.1, 0.15) is 5.75 Å². The smallest absolute Gasteiger partial charge is 0.317 e. The van der Waals surface area contributed by atoms with Crippen LogP contribution >= 0.6 is 0 Å². The van der Waals surface area contributed by atoms with Gasteiger partial charge in [0.2, 0.25) is 0 Å². The second-order valence-electron chi connectivity index (χ2n) is 7.39. The average Bonchev–Trinajstić information content (AvgIpc) is 3.19. The Bertz CT molecular complexity index is 842. The van der Waals surface area contributed by atoms with Crippen LogP contribution in [0.4, 0.5) is 9.18 Å². The van der Waals surface area contributed by atoms with Crippen molar-refractivity contribution >= 4 is 6.03 Å². The lowest BCUT2D eigenvalue weighted by atomic mass is 9.99. The summed E-state index contributed by atoms with van der Waals surface area (Å²) in [6.45, 7) is 3.00. The topological polar surface area (TPSA) is 50.8 Å². The van der Waals surface area contributed by atoms with Gasteiger partial charge in [0.15, 0.2) is 11.6 Å². The van der Waals surface area contributed by atoms with Crippen molar-refractivity contribution in [3.05, 3.63) is 59.4 Å². The number of urea groups is 1. The number of likely N-dealkylation sites (tertiary alicyclic amines) is 1. The molecule has 2 aromatic carbocycles. The van der Waals surface area contributed by atoms with Crippen molar-refractivity contribution in [2.45, 2.75) is 25.8 Å². The van der Waals surface area contributed by atoms with E-state index < -0.39 is 0 Å². The Hall–Kier alpha value is -2.76. The van der Waals surface area contributed by atoms with Gasteiger partial charge in [-0.3, -0.25) is 0 Å². The number of carbonyl (C=O) groups is 1. The molecule has 0 bridgehead atoms. The van der Waals surface area contributed by atoms with Gasteiger partial charge in [-0.05, 0) is 42.2 Å². The second-order valence-corrected chi connectivity index (χ2v) is 7.39. The summed E-state index contributed by atoms with van der Waals surface area (Å²) in [4.78, 5) is 14.4. The maximum absolute atomic E-state index is 13.7. The van der Waals surface area contributed by atoms with Crippen molar-refractivity contribution < 1.29 is 18.7 Å². The summed E-state index contributed by atoms with van der Waals surface area (Å²) in [5, 5.41) is 3.01. The molecule has 2 heterocycles. The van der Waals surface area contributed by atoms with Gasteiger partial charge < -0.3 is 19.7 Å². The van der Waals surface area contributed by atoms with Gasteiger partial charge in [-0.1, -0.05) is 24.3 Å². The number of halogens is 1. The summed E-state index contributed by atoms with van der Waals surface area (Å²) in [5.41, 5.74) is 2.28. The number of carbonyl (C=O) groups excluding carboxylic acids is 1. The van der Waals surface area contributed by atoms with E-state index in [1.165, 1.54) is 11.6 Å². The van der Waals surface area contributed by atoms with E-state index in [9.17, 15) is 9.18 Å². The van der Waals surface area contributed by atoms with Gasteiger partial charge in [0.25, 0.3) is 0 Å². The highest BCUT2D eigenvalue weighted by atomic mass is 19.1. The minimum absolute atomic E-state index is 0.0626. The first-order valence-electron chi connectivity index (χ1n) is 9.84. The Kier molecular flexibility index (Phi) is 5.65. The summed E-state index contributed by atoms with van der Waals surface area (Å²) >= 11 is 0. The minimum Gasteiger partial charge on any atom is -0.493 e. The molecule has 0 aromatic heterocycles. The third-order valence-corrected chi connectivity index (χ3v) is 5.31. The van der Waals surface area contributed by atoms with Crippen LogP contribution in [0, 0.1) is 11.7 Å². The number of fused-ring (bicyclic) bond motifs is 1. The molecule has 5 nitrogen and oxygen atoms in total. The van der Waals surface area contributed by atoms with Gasteiger partial charge in [0, 0.05) is 32.0 Å². The van der Waals surface area contributed by atoms with Gasteiger partial charge in [-0.2, -0.15) is 0 Å². The number of benzene rings is 2. The molecule has 4 rings (SSSR count). The fourth-order valence-electron chi connectivity index (χ4n) is 3.79. The Morgan fingerprint density at radius 3 is 3.07 bits per heavy atom. The number of amides is 2. The van der Waals surface area contributed by atoms with Crippen molar-refractivity contribution in [2.24, 2.45) is 5.92 Å². The lowest BCUT2D eigenvalue weighted by Crippen LogP contribution is -2.46. The molecule has 2 aliphatic heterocycles. The number of nitrogens with one attached hydrogen (secondary N) is 1. The predicted molar refractivity (Wildman–Crippen MR) is 104 cm³/mol. The number of nitrogens with zero attached hydrogens (tertiary/aromatic N) is 1. The highest BCUT2D eigenvalue weighted by molar-refractivity contribution is 5.74. The van der Waals surface area contributed by atoms with Gasteiger partial charge in [-0.25, -0.2) is 9.18 Å². The molecule has 1 fully saturated rings. The summed E-state index contributed by atoms with van der Waals surface area (Å²) in [6, 6.07) is 12.4. The third-order valence-electron chi connectivity index (χ3n) is 5.31. The van der Waals surface area contributed by atoms with Crippen LogP contribution in [0.3, 0.4) is 0 Å². The molecule has 0 unspecified atom stereocenters. The average molecular weight is 384 g/mol. The summed E-state index contributed by atoms with van der Waals surface area (Å²) in [7, 11) is 0. The molecule has 0 radical (unpaired) electrons. The molecule has 0 saturated carbocycles. The molecule has 28 heavy (non-hydrogen) atoms. The number of hydrogen-bond acceptors (Lipinski definition) is 3. The zero-order valence-electron chi connectivity index (χ0n) is 15.8. The van der Waals surface area contributed by atoms with Crippen LogP contribution in [0.2, 0.25) is 0 Å². The molecule has 2 aromatic rings. The second kappa shape index (κ2) is 8.50. The van der Waals surface area contributed by atoms with Crippen LogP contribution in [-0.4, -0.2) is 37.2 Å². The van der Waals surface area contributed by atoms with Crippen molar-refractivity contribution in [3.63, 3.8) is 0 Å². The largest absolute Gasteiger partial charge is 0.493 e. The van der Waals surface area contributed by atoms with E-state index in [0.29, 0.717) is 19.7 Å². The van der Waals surface area contributed by atoms with Crippen LogP contribution in [0.5, 0.6) is 11.5 Å². The molecule has 0 spiro atoms. The molecule has 1 N–H and O–H groups in total. The van der Waals surface area contributed by atoms with Crippen molar-refractivity contribution in [2.75, 3.05) is 26.3 Å². The molecule has 1 saturated heterocycles. The molecule has 2 amide bonds. The number of rotatable bonds is 5. The lowest BCUT2D eigenvalue weighted by molar-refractivity contribution is 0.135. The molecule has 6 heteroatoms. The van der Waals surface area contributed by atoms with Crippen LogP contribution in [0.15, 0.2) is 42.5 Å². The predicted octanol–water partition coefficient (Wildman–Crippen LogP) is 3.76. The van der Waals surface area contributed by atoms with E-state index in [4.69, 9.17) is 9.47 Å². The SMILES string of the molecule is O=C(NCc1ccc2c(c1)CCO2)N1CCC[C@H](COc2ccccc2F)C1. The fraction of sp³-hybridized carbons (Fsp3) is 0.409. The van der Waals surface area contributed by atoms with Crippen LogP contribution in [-0.2, 0) is 13.0 Å². The number of para-hydroxylation sites is 1. The number of piperidine rings is 1. The van der Waals surface area contributed by atoms with E-state index in [0.717, 1.165) is 43.7 Å². The number of ether oxygens (including phenoxy) is 2. The molecular weight excluding hydrogens is 359 g/mol. The van der Waals surface area contributed by atoms with Crippen molar-refractivity contribution in [1.29, 1.82) is 0 Å². The summed E-state index contributed by atoms with van der Waals surface area (Å²) in [6.07, 6.45) is 2.82. The highest BCUT2D eigenvalue weighted by Crippen LogP contribution is 2.26. The third kappa shape index (κ3) is 4.38. The Morgan fingerprint density at radius 2 is 2.18 bits per heavy atom. The van der Waals surface area contributed by atoms with E-state index in [1.807, 2.05) is 17.0 Å². The maximum atomic E-state index is 13.7. The standard InChI is InChI=1S/C22H25FN2O3/c23-19-5-1-2-6-21(19)28-15-17-4-3-10-25(14-17)22(26)24-13-16-7-8-20-18(12-16)9-11-27-20/h1-2,5-8,12,17H,3-4,9-11,13-15H2,(H,24,26)/t17-/m0/s1. The molecule has 2 aliphatic rings. The summed E-state index contributed by atoms with van der Waals surface area (Å²) in [5.74, 6) is 1.07. The lowest BCUT2D eigenvalue weighted by Gasteiger charge is -2.32. The maximum Gasteiger partial charge on any atom is 0.317 e.